The van der Waals surface area contributed by atoms with Gasteiger partial charge in [0.05, 0.1) is 12.7 Å². The van der Waals surface area contributed by atoms with Gasteiger partial charge in [-0.05, 0) is 36.5 Å². The zero-order chi connectivity index (χ0) is 18.4. The van der Waals surface area contributed by atoms with E-state index < -0.39 is 0 Å². The van der Waals surface area contributed by atoms with Gasteiger partial charge in [-0.3, -0.25) is 9.59 Å². The molecule has 1 aromatic carbocycles. The second-order valence-corrected chi connectivity index (χ2v) is 6.89. The summed E-state index contributed by atoms with van der Waals surface area (Å²) < 4.78 is 5.46. The lowest BCUT2D eigenvalue weighted by Gasteiger charge is -2.23. The molecule has 1 heterocycles. The molecular formula is C20H30N2O3. The highest BCUT2D eigenvalue weighted by atomic mass is 16.5. The molecule has 5 heteroatoms. The minimum Gasteiger partial charge on any atom is -0.496 e. The summed E-state index contributed by atoms with van der Waals surface area (Å²) in [5.74, 6) is 1.18. The molecule has 2 rings (SSSR count). The quantitative estimate of drug-likeness (QED) is 0.822. The molecule has 0 saturated carbocycles. The predicted octanol–water partition coefficient (Wildman–Crippen LogP) is 3.29. The van der Waals surface area contributed by atoms with Crippen LogP contribution in [-0.2, 0) is 4.79 Å². The Morgan fingerprint density at radius 1 is 1.12 bits per heavy atom. The minimum atomic E-state index is -0.0167. The van der Waals surface area contributed by atoms with Gasteiger partial charge in [-0.1, -0.05) is 26.8 Å². The SMILES string of the molecule is CCCC(=O)N1CCCN(C(=O)c2ccc(C(C)C)cc2OC)CC1. The fourth-order valence-electron chi connectivity index (χ4n) is 3.16. The summed E-state index contributed by atoms with van der Waals surface area (Å²) in [6.07, 6.45) is 2.25. The molecule has 1 saturated heterocycles. The van der Waals surface area contributed by atoms with E-state index in [-0.39, 0.29) is 11.8 Å². The van der Waals surface area contributed by atoms with Crippen molar-refractivity contribution in [1.29, 1.82) is 0 Å². The van der Waals surface area contributed by atoms with Crippen molar-refractivity contribution in [3.63, 3.8) is 0 Å². The van der Waals surface area contributed by atoms with Crippen molar-refractivity contribution >= 4 is 11.8 Å². The van der Waals surface area contributed by atoms with Gasteiger partial charge >= 0.3 is 0 Å². The number of hydrogen-bond acceptors (Lipinski definition) is 3. The zero-order valence-corrected chi connectivity index (χ0v) is 15.9. The van der Waals surface area contributed by atoms with Crippen LogP contribution in [0.2, 0.25) is 0 Å². The van der Waals surface area contributed by atoms with Gasteiger partial charge < -0.3 is 14.5 Å². The van der Waals surface area contributed by atoms with Gasteiger partial charge in [0.1, 0.15) is 5.75 Å². The fraction of sp³-hybridized carbons (Fsp3) is 0.600. The van der Waals surface area contributed by atoms with E-state index in [0.717, 1.165) is 24.9 Å². The summed E-state index contributed by atoms with van der Waals surface area (Å²) in [4.78, 5) is 28.8. The first kappa shape index (κ1) is 19.3. The van der Waals surface area contributed by atoms with Crippen LogP contribution in [0.5, 0.6) is 5.75 Å². The Morgan fingerprint density at radius 2 is 1.80 bits per heavy atom. The minimum absolute atomic E-state index is 0.0167. The molecule has 138 valence electrons. The van der Waals surface area contributed by atoms with E-state index in [1.807, 2.05) is 34.9 Å². The van der Waals surface area contributed by atoms with E-state index >= 15 is 0 Å². The summed E-state index contributed by atoms with van der Waals surface area (Å²) in [5, 5.41) is 0. The highest BCUT2D eigenvalue weighted by Crippen LogP contribution is 2.26. The summed E-state index contributed by atoms with van der Waals surface area (Å²) in [6.45, 7) is 8.83. The Kier molecular flexibility index (Phi) is 6.85. The van der Waals surface area contributed by atoms with E-state index in [1.165, 1.54) is 0 Å². The predicted molar refractivity (Wildman–Crippen MR) is 99.1 cm³/mol. The van der Waals surface area contributed by atoms with Crippen LogP contribution < -0.4 is 4.74 Å². The van der Waals surface area contributed by atoms with Crippen molar-refractivity contribution in [2.75, 3.05) is 33.3 Å². The third-order valence-corrected chi connectivity index (χ3v) is 4.72. The van der Waals surface area contributed by atoms with Crippen LogP contribution >= 0.6 is 0 Å². The second kappa shape index (κ2) is 8.88. The van der Waals surface area contributed by atoms with Crippen LogP contribution in [0.4, 0.5) is 0 Å². The molecule has 1 aliphatic heterocycles. The molecule has 0 bridgehead atoms. The Hall–Kier alpha value is -2.04. The smallest absolute Gasteiger partial charge is 0.257 e. The molecule has 0 N–H and O–H groups in total. The molecule has 2 amide bonds. The fourth-order valence-corrected chi connectivity index (χ4v) is 3.16. The van der Waals surface area contributed by atoms with E-state index in [4.69, 9.17) is 4.74 Å². The number of carbonyl (C=O) groups excluding carboxylic acids is 2. The molecule has 1 aliphatic rings. The maximum Gasteiger partial charge on any atom is 0.257 e. The monoisotopic (exact) mass is 346 g/mol. The number of nitrogens with zero attached hydrogens (tertiary/aromatic N) is 2. The van der Waals surface area contributed by atoms with Gasteiger partial charge in [-0.25, -0.2) is 0 Å². The molecule has 0 unspecified atom stereocenters. The van der Waals surface area contributed by atoms with Crippen LogP contribution in [0.15, 0.2) is 18.2 Å². The van der Waals surface area contributed by atoms with E-state index in [2.05, 4.69) is 13.8 Å². The average Bonchev–Trinajstić information content (AvgIpc) is 2.87. The highest BCUT2D eigenvalue weighted by molar-refractivity contribution is 5.97. The molecule has 0 aromatic heterocycles. The van der Waals surface area contributed by atoms with Crippen LogP contribution in [0.3, 0.4) is 0 Å². The standard InChI is InChI=1S/C20H30N2O3/c1-5-7-19(23)21-10-6-11-22(13-12-21)20(24)17-9-8-16(15(2)3)14-18(17)25-4/h8-9,14-15H,5-7,10-13H2,1-4H3. The van der Waals surface area contributed by atoms with Crippen molar-refractivity contribution in [2.24, 2.45) is 0 Å². The molecule has 0 aliphatic carbocycles. The van der Waals surface area contributed by atoms with Crippen molar-refractivity contribution < 1.29 is 14.3 Å². The Balaban J connectivity index is 2.11. The van der Waals surface area contributed by atoms with Crippen molar-refractivity contribution in [3.05, 3.63) is 29.3 Å². The van der Waals surface area contributed by atoms with E-state index in [0.29, 0.717) is 43.3 Å². The lowest BCUT2D eigenvalue weighted by Crippen LogP contribution is -2.37. The zero-order valence-electron chi connectivity index (χ0n) is 15.9. The van der Waals surface area contributed by atoms with Crippen molar-refractivity contribution in [2.45, 2.75) is 46.0 Å². The van der Waals surface area contributed by atoms with Crippen LogP contribution in [0.25, 0.3) is 0 Å². The first-order valence-corrected chi connectivity index (χ1v) is 9.22. The molecule has 0 atom stereocenters. The summed E-state index contributed by atoms with van der Waals surface area (Å²) in [7, 11) is 1.60. The molecule has 1 fully saturated rings. The maximum atomic E-state index is 13.0. The maximum absolute atomic E-state index is 13.0. The Bertz CT molecular complexity index is 613. The number of amides is 2. The van der Waals surface area contributed by atoms with Crippen molar-refractivity contribution in [3.8, 4) is 5.75 Å². The topological polar surface area (TPSA) is 49.9 Å². The highest BCUT2D eigenvalue weighted by Gasteiger charge is 2.24. The van der Waals surface area contributed by atoms with Gasteiger partial charge in [0, 0.05) is 32.6 Å². The molecular weight excluding hydrogens is 316 g/mol. The number of hydrogen-bond donors (Lipinski definition) is 0. The second-order valence-electron chi connectivity index (χ2n) is 6.89. The van der Waals surface area contributed by atoms with Crippen molar-refractivity contribution in [1.82, 2.24) is 9.80 Å². The van der Waals surface area contributed by atoms with Gasteiger partial charge in [0.15, 0.2) is 0 Å². The summed E-state index contributed by atoms with van der Waals surface area (Å²) in [5.41, 5.74) is 1.75. The third-order valence-electron chi connectivity index (χ3n) is 4.72. The van der Waals surface area contributed by atoms with Gasteiger partial charge in [-0.2, -0.15) is 0 Å². The third kappa shape index (κ3) is 4.74. The number of benzene rings is 1. The van der Waals surface area contributed by atoms with E-state index in [1.54, 1.807) is 7.11 Å². The molecule has 0 spiro atoms. The van der Waals surface area contributed by atoms with Crippen LogP contribution in [0, 0.1) is 0 Å². The first-order chi connectivity index (χ1) is 12.0. The number of rotatable bonds is 5. The Morgan fingerprint density at radius 3 is 2.44 bits per heavy atom. The lowest BCUT2D eigenvalue weighted by atomic mass is 10.0. The Labute approximate surface area is 150 Å². The van der Waals surface area contributed by atoms with Gasteiger partial charge in [0.25, 0.3) is 5.91 Å². The summed E-state index contributed by atoms with van der Waals surface area (Å²) in [6, 6.07) is 5.81. The number of ether oxygens (including phenoxy) is 1. The lowest BCUT2D eigenvalue weighted by molar-refractivity contribution is -0.131. The number of carbonyl (C=O) groups is 2. The molecule has 5 nitrogen and oxygen atoms in total. The van der Waals surface area contributed by atoms with Crippen LogP contribution in [-0.4, -0.2) is 54.9 Å². The van der Waals surface area contributed by atoms with Crippen LogP contribution in [0.1, 0.15) is 61.9 Å². The normalized spacial score (nSPS) is 15.2. The van der Waals surface area contributed by atoms with E-state index in [9.17, 15) is 9.59 Å². The average molecular weight is 346 g/mol. The molecule has 25 heavy (non-hydrogen) atoms. The largest absolute Gasteiger partial charge is 0.496 e. The van der Waals surface area contributed by atoms with Gasteiger partial charge in [0.2, 0.25) is 5.91 Å². The molecule has 0 radical (unpaired) electrons. The number of methoxy groups -OCH3 is 1. The van der Waals surface area contributed by atoms with Gasteiger partial charge in [-0.15, -0.1) is 0 Å². The molecule has 1 aromatic rings. The summed E-state index contributed by atoms with van der Waals surface area (Å²) >= 11 is 0. The first-order valence-electron chi connectivity index (χ1n) is 9.22.